The van der Waals surface area contributed by atoms with Gasteiger partial charge in [0, 0.05) is 9.13 Å². The molecule has 1 amide bonds. The van der Waals surface area contributed by atoms with E-state index in [1.54, 1.807) is 0 Å². The number of carbonyl (C=O) groups excluding carboxylic acids is 1. The quantitative estimate of drug-likeness (QED) is 0.737. The number of carbonyl (C=O) groups is 1. The molecule has 4 nitrogen and oxygen atoms in total. The predicted molar refractivity (Wildman–Crippen MR) is 66.1 cm³/mol. The van der Waals surface area contributed by atoms with E-state index in [-0.39, 0.29) is 5.91 Å². The summed E-state index contributed by atoms with van der Waals surface area (Å²) in [5.41, 5.74) is 2.72. The number of nitrogens with one attached hydrogen (secondary N) is 1. The Labute approximate surface area is 106 Å². The molecule has 2 aliphatic rings. The van der Waals surface area contributed by atoms with E-state index in [4.69, 9.17) is 9.47 Å². The van der Waals surface area contributed by atoms with Crippen LogP contribution in [0.15, 0.2) is 12.1 Å². The lowest BCUT2D eigenvalue weighted by molar-refractivity contribution is -0.178. The number of ether oxygens (including phenoxy) is 2. The van der Waals surface area contributed by atoms with Gasteiger partial charge in [0.1, 0.15) is 0 Å². The lowest BCUT2D eigenvalue weighted by Gasteiger charge is -2.19. The zero-order valence-electron chi connectivity index (χ0n) is 8.67. The van der Waals surface area contributed by atoms with Crippen LogP contribution in [0.25, 0.3) is 0 Å². The number of hydrogen-bond acceptors (Lipinski definition) is 3. The standard InChI is InChI=1S/C11H10INO3/c1-6-4-7-9(8(12)5-6)13-10(14)11(7)15-2-3-16-11/h4-5H,2-3H2,1H3,(H,13,14). The number of benzene rings is 1. The number of amides is 1. The zero-order chi connectivity index (χ0) is 11.3. The first-order chi connectivity index (χ1) is 7.63. The van der Waals surface area contributed by atoms with Crippen molar-refractivity contribution in [1.29, 1.82) is 0 Å². The van der Waals surface area contributed by atoms with Crippen LogP contribution in [0, 0.1) is 10.5 Å². The summed E-state index contributed by atoms with van der Waals surface area (Å²) in [6, 6.07) is 3.97. The number of rotatable bonds is 0. The van der Waals surface area contributed by atoms with Crippen LogP contribution < -0.4 is 5.32 Å². The molecular weight excluding hydrogens is 321 g/mol. The Morgan fingerprint density at radius 1 is 1.38 bits per heavy atom. The molecule has 16 heavy (non-hydrogen) atoms. The molecule has 84 valence electrons. The van der Waals surface area contributed by atoms with Crippen LogP contribution in [0.4, 0.5) is 5.69 Å². The van der Waals surface area contributed by atoms with Crippen molar-refractivity contribution in [2.24, 2.45) is 0 Å². The van der Waals surface area contributed by atoms with E-state index >= 15 is 0 Å². The third-order valence-electron chi connectivity index (χ3n) is 2.82. The Balaban J connectivity index is 2.24. The fourth-order valence-electron chi connectivity index (χ4n) is 2.15. The van der Waals surface area contributed by atoms with E-state index < -0.39 is 5.79 Å². The molecule has 0 aliphatic carbocycles. The zero-order valence-corrected chi connectivity index (χ0v) is 10.8. The van der Waals surface area contributed by atoms with E-state index in [2.05, 4.69) is 27.9 Å². The molecule has 1 N–H and O–H groups in total. The summed E-state index contributed by atoms with van der Waals surface area (Å²) >= 11 is 2.21. The summed E-state index contributed by atoms with van der Waals surface area (Å²) in [6.45, 7) is 2.91. The number of hydrogen-bond donors (Lipinski definition) is 1. The first-order valence-corrected chi connectivity index (χ1v) is 6.11. The van der Waals surface area contributed by atoms with E-state index in [0.717, 1.165) is 20.4 Å². The van der Waals surface area contributed by atoms with Gasteiger partial charge in [-0.1, -0.05) is 0 Å². The highest BCUT2D eigenvalue weighted by Crippen LogP contribution is 2.44. The molecule has 0 atom stereocenters. The number of anilines is 1. The summed E-state index contributed by atoms with van der Waals surface area (Å²) in [4.78, 5) is 12.0. The summed E-state index contributed by atoms with van der Waals surface area (Å²) in [6.07, 6.45) is 0. The Morgan fingerprint density at radius 3 is 2.75 bits per heavy atom. The molecule has 0 radical (unpaired) electrons. The van der Waals surface area contributed by atoms with Gasteiger partial charge < -0.3 is 14.8 Å². The smallest absolute Gasteiger partial charge is 0.289 e. The summed E-state index contributed by atoms with van der Waals surface area (Å²) < 4.78 is 12.0. The van der Waals surface area contributed by atoms with Crippen LogP contribution in [0.5, 0.6) is 0 Å². The molecule has 0 aromatic heterocycles. The lowest BCUT2D eigenvalue weighted by Crippen LogP contribution is -2.35. The molecule has 1 aromatic rings. The number of halogens is 1. The molecule has 2 aliphatic heterocycles. The monoisotopic (exact) mass is 331 g/mol. The summed E-state index contributed by atoms with van der Waals surface area (Å²) in [5.74, 6) is -1.41. The van der Waals surface area contributed by atoms with Gasteiger partial charge in [-0.3, -0.25) is 4.79 Å². The van der Waals surface area contributed by atoms with Crippen LogP contribution >= 0.6 is 22.6 Å². The van der Waals surface area contributed by atoms with Crippen molar-refractivity contribution in [3.05, 3.63) is 26.8 Å². The Hall–Kier alpha value is -0.660. The highest BCUT2D eigenvalue weighted by atomic mass is 127. The average molecular weight is 331 g/mol. The van der Waals surface area contributed by atoms with Gasteiger partial charge in [-0.05, 0) is 47.2 Å². The Morgan fingerprint density at radius 2 is 2.06 bits per heavy atom. The van der Waals surface area contributed by atoms with E-state index in [1.807, 2.05) is 19.1 Å². The van der Waals surface area contributed by atoms with Crippen LogP contribution in [0.3, 0.4) is 0 Å². The average Bonchev–Trinajstić information content (AvgIpc) is 2.79. The molecule has 2 heterocycles. The second kappa shape index (κ2) is 3.41. The van der Waals surface area contributed by atoms with Crippen LogP contribution in [-0.4, -0.2) is 19.1 Å². The fraction of sp³-hybridized carbons (Fsp3) is 0.364. The molecule has 1 fully saturated rings. The van der Waals surface area contributed by atoms with E-state index in [0.29, 0.717) is 13.2 Å². The Kier molecular flexibility index (Phi) is 2.24. The lowest BCUT2D eigenvalue weighted by atomic mass is 10.0. The maximum Gasteiger partial charge on any atom is 0.289 e. The third kappa shape index (κ3) is 1.25. The first-order valence-electron chi connectivity index (χ1n) is 5.03. The molecule has 3 rings (SSSR count). The first kappa shape index (κ1) is 10.5. The van der Waals surface area contributed by atoms with Crippen molar-refractivity contribution in [2.75, 3.05) is 18.5 Å². The summed E-state index contributed by atoms with van der Waals surface area (Å²) in [5, 5.41) is 2.83. The molecule has 0 unspecified atom stereocenters. The SMILES string of the molecule is Cc1cc(I)c2c(c1)C1(OCCO1)C(=O)N2. The van der Waals surface area contributed by atoms with Gasteiger partial charge in [0.25, 0.3) is 11.7 Å². The van der Waals surface area contributed by atoms with Crippen molar-refractivity contribution in [3.8, 4) is 0 Å². The van der Waals surface area contributed by atoms with E-state index in [9.17, 15) is 4.79 Å². The topological polar surface area (TPSA) is 47.6 Å². The predicted octanol–water partition coefficient (Wildman–Crippen LogP) is 1.75. The van der Waals surface area contributed by atoms with Crippen LogP contribution in [0.2, 0.25) is 0 Å². The fourth-order valence-corrected chi connectivity index (χ4v) is 3.06. The van der Waals surface area contributed by atoms with Gasteiger partial charge in [0.15, 0.2) is 0 Å². The van der Waals surface area contributed by atoms with Crippen molar-refractivity contribution >= 4 is 34.2 Å². The molecular formula is C11H10INO3. The van der Waals surface area contributed by atoms with E-state index in [1.165, 1.54) is 0 Å². The van der Waals surface area contributed by atoms with Gasteiger partial charge in [-0.15, -0.1) is 0 Å². The van der Waals surface area contributed by atoms with Gasteiger partial charge in [0.2, 0.25) is 0 Å². The maximum atomic E-state index is 12.0. The largest absolute Gasteiger partial charge is 0.336 e. The highest BCUT2D eigenvalue weighted by Gasteiger charge is 2.53. The Bertz CT molecular complexity index is 480. The second-order valence-electron chi connectivity index (χ2n) is 3.94. The highest BCUT2D eigenvalue weighted by molar-refractivity contribution is 14.1. The van der Waals surface area contributed by atoms with Crippen molar-refractivity contribution < 1.29 is 14.3 Å². The van der Waals surface area contributed by atoms with Gasteiger partial charge in [-0.25, -0.2) is 0 Å². The van der Waals surface area contributed by atoms with Gasteiger partial charge >= 0.3 is 0 Å². The number of aryl methyl sites for hydroxylation is 1. The summed E-state index contributed by atoms with van der Waals surface area (Å²) in [7, 11) is 0. The third-order valence-corrected chi connectivity index (χ3v) is 3.67. The van der Waals surface area contributed by atoms with Crippen molar-refractivity contribution in [2.45, 2.75) is 12.7 Å². The second-order valence-corrected chi connectivity index (χ2v) is 5.10. The molecule has 0 bridgehead atoms. The van der Waals surface area contributed by atoms with Crippen LogP contribution in [-0.2, 0) is 20.1 Å². The minimum Gasteiger partial charge on any atom is -0.336 e. The van der Waals surface area contributed by atoms with Gasteiger partial charge in [-0.2, -0.15) is 0 Å². The molecule has 1 spiro atoms. The minimum absolute atomic E-state index is 0.219. The van der Waals surface area contributed by atoms with Crippen molar-refractivity contribution in [1.82, 2.24) is 0 Å². The minimum atomic E-state index is -1.19. The molecule has 1 saturated heterocycles. The normalized spacial score (nSPS) is 21.2. The van der Waals surface area contributed by atoms with Crippen LogP contribution in [0.1, 0.15) is 11.1 Å². The maximum absolute atomic E-state index is 12.0. The molecule has 1 aromatic carbocycles. The molecule has 0 saturated carbocycles. The molecule has 5 heteroatoms. The number of fused-ring (bicyclic) bond motifs is 2. The van der Waals surface area contributed by atoms with Gasteiger partial charge in [0.05, 0.1) is 18.9 Å². The van der Waals surface area contributed by atoms with Crippen molar-refractivity contribution in [3.63, 3.8) is 0 Å².